The molecule has 108 valence electrons. The molecule has 1 aliphatic carbocycles. The monoisotopic (exact) mass is 267 g/mol. The Morgan fingerprint density at radius 2 is 1.63 bits per heavy atom. The molecule has 2 amide bonds. The maximum atomic E-state index is 12.2. The Bertz CT molecular complexity index is 330. The normalized spacial score (nSPS) is 29.1. The molecule has 2 fully saturated rings. The molecule has 3 N–H and O–H groups in total. The molecular formula is C14H25N3O2. The number of nitrogens with one attached hydrogen (secondary N) is 1. The molecule has 0 spiro atoms. The topological polar surface area (TPSA) is 75.4 Å². The Morgan fingerprint density at radius 1 is 1.05 bits per heavy atom. The summed E-state index contributed by atoms with van der Waals surface area (Å²) in [5.41, 5.74) is 5.86. The molecule has 1 aliphatic heterocycles. The van der Waals surface area contributed by atoms with E-state index in [1.165, 1.54) is 0 Å². The van der Waals surface area contributed by atoms with E-state index in [1.807, 2.05) is 4.90 Å². The summed E-state index contributed by atoms with van der Waals surface area (Å²) >= 11 is 0. The van der Waals surface area contributed by atoms with Crippen LogP contribution in [0.4, 0.5) is 0 Å². The van der Waals surface area contributed by atoms with Crippen LogP contribution in [0.3, 0.4) is 0 Å². The third-order valence-corrected chi connectivity index (χ3v) is 4.43. The highest BCUT2D eigenvalue weighted by atomic mass is 16.2. The minimum absolute atomic E-state index is 0.131. The number of nitrogens with two attached hydrogens (primary N) is 1. The van der Waals surface area contributed by atoms with E-state index in [0.717, 1.165) is 51.6 Å². The number of nitrogens with zero attached hydrogens (tertiary/aromatic N) is 1. The van der Waals surface area contributed by atoms with E-state index in [1.54, 1.807) is 6.92 Å². The molecule has 0 aromatic carbocycles. The molecule has 0 unspecified atom stereocenters. The molecular weight excluding hydrogens is 242 g/mol. The van der Waals surface area contributed by atoms with Crippen LogP contribution in [0.15, 0.2) is 0 Å². The number of likely N-dealkylation sites (tertiary alicyclic amines) is 1. The van der Waals surface area contributed by atoms with Gasteiger partial charge in [-0.1, -0.05) is 0 Å². The molecule has 5 heteroatoms. The molecule has 0 bridgehead atoms. The molecule has 0 aromatic heterocycles. The molecule has 1 saturated heterocycles. The van der Waals surface area contributed by atoms with Crippen molar-refractivity contribution in [2.45, 2.75) is 57.5 Å². The van der Waals surface area contributed by atoms with Gasteiger partial charge in [0.25, 0.3) is 0 Å². The van der Waals surface area contributed by atoms with Crippen LogP contribution in [-0.4, -0.2) is 41.9 Å². The van der Waals surface area contributed by atoms with Crippen LogP contribution in [0.1, 0.15) is 45.4 Å². The van der Waals surface area contributed by atoms with Crippen LogP contribution < -0.4 is 11.1 Å². The van der Waals surface area contributed by atoms with Crippen molar-refractivity contribution in [1.82, 2.24) is 10.2 Å². The molecule has 2 rings (SSSR count). The summed E-state index contributed by atoms with van der Waals surface area (Å²) in [6.07, 6.45) is 5.50. The standard InChI is InChI=1S/C14H25N3O2/c1-10(18)17-8-6-13(7-9-17)16-14(19)11-2-4-12(15)5-3-11/h11-13H,2-9,15H2,1H3,(H,16,19). The fourth-order valence-electron chi connectivity index (χ4n) is 3.04. The summed E-state index contributed by atoms with van der Waals surface area (Å²) in [6.45, 7) is 3.12. The summed E-state index contributed by atoms with van der Waals surface area (Å²) in [6, 6.07) is 0.515. The number of carbonyl (C=O) groups is 2. The zero-order valence-corrected chi connectivity index (χ0v) is 11.7. The van der Waals surface area contributed by atoms with Gasteiger partial charge in [0.05, 0.1) is 0 Å². The highest BCUT2D eigenvalue weighted by Gasteiger charge is 2.27. The second kappa shape index (κ2) is 6.37. The molecule has 0 radical (unpaired) electrons. The van der Waals surface area contributed by atoms with Gasteiger partial charge in [0.15, 0.2) is 0 Å². The summed E-state index contributed by atoms with van der Waals surface area (Å²) in [5, 5.41) is 3.15. The predicted molar refractivity (Wildman–Crippen MR) is 73.4 cm³/mol. The minimum atomic E-state index is 0.131. The Morgan fingerprint density at radius 3 is 2.16 bits per heavy atom. The van der Waals surface area contributed by atoms with Gasteiger partial charge in [-0.3, -0.25) is 9.59 Å². The molecule has 19 heavy (non-hydrogen) atoms. The van der Waals surface area contributed by atoms with Gasteiger partial charge >= 0.3 is 0 Å². The van der Waals surface area contributed by atoms with Gasteiger partial charge in [-0.15, -0.1) is 0 Å². The quantitative estimate of drug-likeness (QED) is 0.770. The number of hydrogen-bond donors (Lipinski definition) is 2. The smallest absolute Gasteiger partial charge is 0.223 e. The second-order valence-corrected chi connectivity index (χ2v) is 5.90. The SMILES string of the molecule is CC(=O)N1CCC(NC(=O)C2CCC(N)CC2)CC1. The van der Waals surface area contributed by atoms with E-state index in [9.17, 15) is 9.59 Å². The lowest BCUT2D eigenvalue weighted by atomic mass is 9.85. The molecule has 1 saturated carbocycles. The highest BCUT2D eigenvalue weighted by molar-refractivity contribution is 5.79. The first-order chi connectivity index (χ1) is 9.06. The lowest BCUT2D eigenvalue weighted by Crippen LogP contribution is -2.48. The largest absolute Gasteiger partial charge is 0.353 e. The third-order valence-electron chi connectivity index (χ3n) is 4.43. The van der Waals surface area contributed by atoms with Gasteiger partial charge < -0.3 is 16.0 Å². The van der Waals surface area contributed by atoms with Crippen LogP contribution in [0.5, 0.6) is 0 Å². The Hall–Kier alpha value is -1.10. The average Bonchev–Trinajstić information content (AvgIpc) is 2.40. The van der Waals surface area contributed by atoms with Crippen molar-refractivity contribution in [3.8, 4) is 0 Å². The van der Waals surface area contributed by atoms with Gasteiger partial charge in [-0.2, -0.15) is 0 Å². The van der Waals surface area contributed by atoms with Crippen molar-refractivity contribution < 1.29 is 9.59 Å². The van der Waals surface area contributed by atoms with E-state index < -0.39 is 0 Å². The Labute approximate surface area is 114 Å². The number of carbonyl (C=O) groups excluding carboxylic acids is 2. The summed E-state index contributed by atoms with van der Waals surface area (Å²) in [5.74, 6) is 0.463. The van der Waals surface area contributed by atoms with Gasteiger partial charge in [-0.25, -0.2) is 0 Å². The number of rotatable bonds is 2. The van der Waals surface area contributed by atoms with Crippen molar-refractivity contribution in [2.75, 3.05) is 13.1 Å². The van der Waals surface area contributed by atoms with E-state index >= 15 is 0 Å². The van der Waals surface area contributed by atoms with E-state index in [2.05, 4.69) is 5.32 Å². The molecule has 2 aliphatic rings. The number of piperidine rings is 1. The van der Waals surface area contributed by atoms with Crippen LogP contribution in [0.2, 0.25) is 0 Å². The van der Waals surface area contributed by atoms with Crippen LogP contribution in [-0.2, 0) is 9.59 Å². The lowest BCUT2D eigenvalue weighted by molar-refractivity contribution is -0.130. The minimum Gasteiger partial charge on any atom is -0.353 e. The predicted octanol–water partition coefficient (Wildman–Crippen LogP) is 0.631. The highest BCUT2D eigenvalue weighted by Crippen LogP contribution is 2.23. The zero-order chi connectivity index (χ0) is 13.8. The Balaban J connectivity index is 1.73. The van der Waals surface area contributed by atoms with Crippen LogP contribution in [0.25, 0.3) is 0 Å². The van der Waals surface area contributed by atoms with E-state index in [-0.39, 0.29) is 29.8 Å². The van der Waals surface area contributed by atoms with Crippen LogP contribution in [0, 0.1) is 5.92 Å². The fraction of sp³-hybridized carbons (Fsp3) is 0.857. The maximum absolute atomic E-state index is 12.2. The van der Waals surface area contributed by atoms with Gasteiger partial charge in [0.1, 0.15) is 0 Å². The fourth-order valence-corrected chi connectivity index (χ4v) is 3.04. The van der Waals surface area contributed by atoms with Crippen molar-refractivity contribution in [2.24, 2.45) is 11.7 Å². The molecule has 1 heterocycles. The number of hydrogen-bond acceptors (Lipinski definition) is 3. The van der Waals surface area contributed by atoms with Crippen molar-refractivity contribution >= 4 is 11.8 Å². The summed E-state index contributed by atoms with van der Waals surface area (Å²) in [4.78, 5) is 25.2. The van der Waals surface area contributed by atoms with Crippen LogP contribution >= 0.6 is 0 Å². The maximum Gasteiger partial charge on any atom is 0.223 e. The summed E-state index contributed by atoms with van der Waals surface area (Å²) in [7, 11) is 0. The summed E-state index contributed by atoms with van der Waals surface area (Å²) < 4.78 is 0. The Kier molecular flexibility index (Phi) is 4.80. The van der Waals surface area contributed by atoms with Crippen molar-refractivity contribution in [1.29, 1.82) is 0 Å². The number of amides is 2. The van der Waals surface area contributed by atoms with Crippen molar-refractivity contribution in [3.05, 3.63) is 0 Å². The van der Waals surface area contributed by atoms with E-state index in [4.69, 9.17) is 5.73 Å². The first kappa shape index (κ1) is 14.3. The molecule has 5 nitrogen and oxygen atoms in total. The first-order valence-corrected chi connectivity index (χ1v) is 7.37. The van der Waals surface area contributed by atoms with Gasteiger partial charge in [0, 0.05) is 38.0 Å². The third kappa shape index (κ3) is 3.93. The molecule has 0 atom stereocenters. The van der Waals surface area contributed by atoms with Crippen molar-refractivity contribution in [3.63, 3.8) is 0 Å². The first-order valence-electron chi connectivity index (χ1n) is 7.37. The second-order valence-electron chi connectivity index (χ2n) is 5.90. The van der Waals surface area contributed by atoms with Gasteiger partial charge in [-0.05, 0) is 38.5 Å². The average molecular weight is 267 g/mol. The zero-order valence-electron chi connectivity index (χ0n) is 11.7. The van der Waals surface area contributed by atoms with Gasteiger partial charge in [0.2, 0.25) is 11.8 Å². The van der Waals surface area contributed by atoms with E-state index in [0.29, 0.717) is 0 Å². The molecule has 0 aromatic rings. The lowest BCUT2D eigenvalue weighted by Gasteiger charge is -2.33.